The van der Waals surface area contributed by atoms with Gasteiger partial charge in [0, 0.05) is 24.3 Å². The minimum absolute atomic E-state index is 0.0601. The summed E-state index contributed by atoms with van der Waals surface area (Å²) in [5.74, 6) is 2.07. The molecule has 1 saturated heterocycles. The molecule has 2 atom stereocenters. The zero-order valence-corrected chi connectivity index (χ0v) is 14.6. The van der Waals surface area contributed by atoms with Gasteiger partial charge < -0.3 is 4.90 Å². The first-order valence-corrected chi connectivity index (χ1v) is 8.86. The van der Waals surface area contributed by atoms with Crippen LogP contribution in [0.2, 0.25) is 0 Å². The van der Waals surface area contributed by atoms with E-state index in [0.717, 1.165) is 43.1 Å². The van der Waals surface area contributed by atoms with E-state index in [2.05, 4.69) is 30.7 Å². The minimum Gasteiger partial charge on any atom is -0.342 e. The Labute approximate surface area is 134 Å². The molecule has 4 nitrogen and oxygen atoms in total. The van der Waals surface area contributed by atoms with Gasteiger partial charge in [-0.1, -0.05) is 40.0 Å². The summed E-state index contributed by atoms with van der Waals surface area (Å²) in [6, 6.07) is 0. The molecule has 1 fully saturated rings. The van der Waals surface area contributed by atoms with Crippen LogP contribution in [0.4, 0.5) is 5.95 Å². The molecule has 1 aliphatic rings. The van der Waals surface area contributed by atoms with Crippen molar-refractivity contribution in [3.8, 4) is 0 Å². The summed E-state index contributed by atoms with van der Waals surface area (Å²) in [7, 11) is 0. The summed E-state index contributed by atoms with van der Waals surface area (Å²) in [6.45, 7) is 10.7. The van der Waals surface area contributed by atoms with Crippen LogP contribution in [0, 0.1) is 18.8 Å². The molecule has 0 spiro atoms. The number of aromatic nitrogens is 2. The molecule has 2 heterocycles. The Kier molecular flexibility index (Phi) is 6.04. The lowest BCUT2D eigenvalue weighted by atomic mass is 9.92. The maximum absolute atomic E-state index is 12.4. The van der Waals surface area contributed by atoms with E-state index in [1.165, 1.54) is 25.7 Å². The molecule has 22 heavy (non-hydrogen) atoms. The molecule has 2 rings (SSSR count). The zero-order valence-electron chi connectivity index (χ0n) is 14.6. The Morgan fingerprint density at radius 1 is 1.18 bits per heavy atom. The number of aryl methyl sites for hydroxylation is 1. The van der Waals surface area contributed by atoms with Gasteiger partial charge in [0.05, 0.1) is 0 Å². The standard InChI is InChI=1S/C18H31N3O/c1-5-6-7-8-9-16-15(4)19-18(20-17(16)22)21-11-13(2)10-14(3)12-21/h13-14H,5-12H2,1-4H3,(H,19,20,22)/t13-,14+. The molecule has 0 amide bonds. The van der Waals surface area contributed by atoms with Crippen molar-refractivity contribution in [2.45, 2.75) is 66.2 Å². The summed E-state index contributed by atoms with van der Waals surface area (Å²) >= 11 is 0. The smallest absolute Gasteiger partial charge is 0.255 e. The highest BCUT2D eigenvalue weighted by Crippen LogP contribution is 2.23. The third-order valence-electron chi connectivity index (χ3n) is 4.66. The molecular formula is C18H31N3O. The van der Waals surface area contributed by atoms with Crippen LogP contribution in [0.25, 0.3) is 0 Å². The molecule has 0 bridgehead atoms. The molecule has 1 N–H and O–H groups in total. The fraction of sp³-hybridized carbons (Fsp3) is 0.778. The van der Waals surface area contributed by atoms with E-state index in [4.69, 9.17) is 4.98 Å². The largest absolute Gasteiger partial charge is 0.342 e. The van der Waals surface area contributed by atoms with Crippen molar-refractivity contribution in [3.63, 3.8) is 0 Å². The van der Waals surface area contributed by atoms with Gasteiger partial charge in [0.15, 0.2) is 0 Å². The first kappa shape index (κ1) is 17.0. The van der Waals surface area contributed by atoms with Gasteiger partial charge in [-0.2, -0.15) is 0 Å². The van der Waals surface area contributed by atoms with Crippen molar-refractivity contribution in [2.75, 3.05) is 18.0 Å². The Bertz CT molecular complexity index is 528. The quantitative estimate of drug-likeness (QED) is 0.816. The van der Waals surface area contributed by atoms with Crippen LogP contribution >= 0.6 is 0 Å². The van der Waals surface area contributed by atoms with Gasteiger partial charge in [-0.25, -0.2) is 4.98 Å². The van der Waals surface area contributed by atoms with Crippen molar-refractivity contribution >= 4 is 5.95 Å². The lowest BCUT2D eigenvalue weighted by Gasteiger charge is -2.35. The van der Waals surface area contributed by atoms with Gasteiger partial charge in [0.1, 0.15) is 0 Å². The first-order chi connectivity index (χ1) is 10.5. The average molecular weight is 305 g/mol. The van der Waals surface area contributed by atoms with Crippen LogP contribution in [0.5, 0.6) is 0 Å². The number of aromatic amines is 1. The van der Waals surface area contributed by atoms with E-state index in [0.29, 0.717) is 11.8 Å². The predicted molar refractivity (Wildman–Crippen MR) is 92.6 cm³/mol. The monoisotopic (exact) mass is 305 g/mol. The maximum Gasteiger partial charge on any atom is 0.255 e. The summed E-state index contributed by atoms with van der Waals surface area (Å²) in [6.07, 6.45) is 6.84. The molecule has 1 aromatic heterocycles. The summed E-state index contributed by atoms with van der Waals surface area (Å²) < 4.78 is 0. The van der Waals surface area contributed by atoms with Crippen LogP contribution in [0.1, 0.15) is 64.1 Å². The highest BCUT2D eigenvalue weighted by Gasteiger charge is 2.24. The van der Waals surface area contributed by atoms with Crippen molar-refractivity contribution in [2.24, 2.45) is 11.8 Å². The van der Waals surface area contributed by atoms with Crippen LogP contribution in [-0.4, -0.2) is 23.1 Å². The van der Waals surface area contributed by atoms with E-state index in [-0.39, 0.29) is 5.56 Å². The normalized spacial score (nSPS) is 22.1. The molecular weight excluding hydrogens is 274 g/mol. The average Bonchev–Trinajstić information content (AvgIpc) is 2.44. The molecule has 0 aliphatic carbocycles. The number of rotatable bonds is 6. The van der Waals surface area contributed by atoms with Crippen molar-refractivity contribution < 1.29 is 0 Å². The van der Waals surface area contributed by atoms with E-state index in [9.17, 15) is 4.79 Å². The maximum atomic E-state index is 12.4. The van der Waals surface area contributed by atoms with Gasteiger partial charge in [0.25, 0.3) is 5.56 Å². The Hall–Kier alpha value is -1.32. The summed E-state index contributed by atoms with van der Waals surface area (Å²) in [5, 5.41) is 0. The highest BCUT2D eigenvalue weighted by atomic mass is 16.1. The third-order valence-corrected chi connectivity index (χ3v) is 4.66. The summed E-state index contributed by atoms with van der Waals surface area (Å²) in [4.78, 5) is 22.4. The second-order valence-corrected chi connectivity index (χ2v) is 7.12. The Morgan fingerprint density at radius 2 is 1.86 bits per heavy atom. The van der Waals surface area contributed by atoms with Gasteiger partial charge >= 0.3 is 0 Å². The van der Waals surface area contributed by atoms with E-state index < -0.39 is 0 Å². The number of piperidine rings is 1. The van der Waals surface area contributed by atoms with Crippen LogP contribution in [-0.2, 0) is 6.42 Å². The van der Waals surface area contributed by atoms with Gasteiger partial charge in [-0.15, -0.1) is 0 Å². The van der Waals surface area contributed by atoms with Crippen LogP contribution in [0.15, 0.2) is 4.79 Å². The van der Waals surface area contributed by atoms with Crippen molar-refractivity contribution in [3.05, 3.63) is 21.6 Å². The zero-order chi connectivity index (χ0) is 16.1. The number of hydrogen-bond donors (Lipinski definition) is 1. The van der Waals surface area contributed by atoms with Gasteiger partial charge in [-0.3, -0.25) is 9.78 Å². The fourth-order valence-corrected chi connectivity index (χ4v) is 3.60. The predicted octanol–water partition coefficient (Wildman–Crippen LogP) is 3.68. The van der Waals surface area contributed by atoms with E-state index in [1.54, 1.807) is 0 Å². The van der Waals surface area contributed by atoms with E-state index >= 15 is 0 Å². The van der Waals surface area contributed by atoms with Gasteiger partial charge in [-0.05, 0) is 38.0 Å². The number of nitrogens with zero attached hydrogens (tertiary/aromatic N) is 2. The second kappa shape index (κ2) is 7.80. The molecule has 0 radical (unpaired) electrons. The summed E-state index contributed by atoms with van der Waals surface area (Å²) in [5.41, 5.74) is 1.84. The van der Waals surface area contributed by atoms with Crippen molar-refractivity contribution in [1.82, 2.24) is 9.97 Å². The highest BCUT2D eigenvalue weighted by molar-refractivity contribution is 5.34. The number of anilines is 1. The molecule has 0 aromatic carbocycles. The van der Waals surface area contributed by atoms with Crippen LogP contribution < -0.4 is 10.5 Å². The first-order valence-electron chi connectivity index (χ1n) is 8.86. The molecule has 1 aromatic rings. The number of nitrogens with one attached hydrogen (secondary N) is 1. The number of unbranched alkanes of at least 4 members (excludes halogenated alkanes) is 3. The second-order valence-electron chi connectivity index (χ2n) is 7.12. The van der Waals surface area contributed by atoms with Crippen molar-refractivity contribution in [1.29, 1.82) is 0 Å². The molecule has 4 heteroatoms. The lowest BCUT2D eigenvalue weighted by molar-refractivity contribution is 0.353. The molecule has 1 aliphatic heterocycles. The lowest BCUT2D eigenvalue weighted by Crippen LogP contribution is -2.40. The van der Waals surface area contributed by atoms with Crippen LogP contribution in [0.3, 0.4) is 0 Å². The number of hydrogen-bond acceptors (Lipinski definition) is 3. The third kappa shape index (κ3) is 4.34. The Morgan fingerprint density at radius 3 is 2.45 bits per heavy atom. The molecule has 0 saturated carbocycles. The minimum atomic E-state index is 0.0601. The topological polar surface area (TPSA) is 49.0 Å². The molecule has 0 unspecified atom stereocenters. The van der Waals surface area contributed by atoms with E-state index in [1.807, 2.05) is 6.92 Å². The Balaban J connectivity index is 2.10. The van der Waals surface area contributed by atoms with Gasteiger partial charge in [0.2, 0.25) is 5.95 Å². The molecule has 124 valence electrons. The fourth-order valence-electron chi connectivity index (χ4n) is 3.60. The number of H-pyrrole nitrogens is 1. The SMILES string of the molecule is CCCCCCc1c(C)nc(N2C[C@H](C)C[C@H](C)C2)[nH]c1=O.